The third-order valence-electron chi connectivity index (χ3n) is 3.08. The summed E-state index contributed by atoms with van der Waals surface area (Å²) in [5.41, 5.74) is 2.84. The molecule has 0 spiro atoms. The Kier molecular flexibility index (Phi) is 13.0. The predicted molar refractivity (Wildman–Crippen MR) is 87.3 cm³/mol. The molecule has 0 saturated carbocycles. The fourth-order valence-corrected chi connectivity index (χ4v) is 3.07. The van der Waals surface area contributed by atoms with Gasteiger partial charge in [-0.15, -0.1) is 0 Å². The van der Waals surface area contributed by atoms with Crippen molar-refractivity contribution in [1.29, 1.82) is 0 Å². The minimum absolute atomic E-state index is 0. The van der Waals surface area contributed by atoms with Gasteiger partial charge in [0.2, 0.25) is 0 Å². The van der Waals surface area contributed by atoms with Crippen LogP contribution in [0.25, 0.3) is 0 Å². The van der Waals surface area contributed by atoms with E-state index >= 15 is 0 Å². The van der Waals surface area contributed by atoms with Crippen molar-refractivity contribution in [3.05, 3.63) is 102 Å². The van der Waals surface area contributed by atoms with Gasteiger partial charge in [0.25, 0.3) is 0 Å². The van der Waals surface area contributed by atoms with Crippen molar-refractivity contribution in [3.8, 4) is 0 Å². The molecule has 0 aliphatic heterocycles. The first kappa shape index (κ1) is 22.1. The number of hydrogen-bond donors (Lipinski definition) is 0. The average Bonchev–Trinajstić information content (AvgIpc) is 3.09. The van der Waals surface area contributed by atoms with Gasteiger partial charge < -0.3 is 24.8 Å². The van der Waals surface area contributed by atoms with E-state index in [0.29, 0.717) is 0 Å². The maximum absolute atomic E-state index is 2.20. The number of benzene rings is 2. The van der Waals surface area contributed by atoms with Gasteiger partial charge >= 0.3 is 112 Å². The molecule has 0 amide bonds. The molecule has 0 aliphatic carbocycles. The molecule has 3 aromatic carbocycles. The van der Waals surface area contributed by atoms with Crippen molar-refractivity contribution >= 4 is 3.21 Å². The molecule has 0 radical (unpaired) electrons. The SMILES string of the molecule is [Cl-].[Cl-].[Zr+2]=[C](Cc1ccccc1)Cc1ccccc1.c1cc[cH-]c1. The summed E-state index contributed by atoms with van der Waals surface area (Å²) in [4.78, 5) is 0. The van der Waals surface area contributed by atoms with Crippen molar-refractivity contribution < 1.29 is 49.0 Å². The zero-order valence-electron chi connectivity index (χ0n) is 12.8. The van der Waals surface area contributed by atoms with E-state index in [-0.39, 0.29) is 24.8 Å². The molecule has 3 aromatic rings. The van der Waals surface area contributed by atoms with Crippen molar-refractivity contribution in [1.82, 2.24) is 0 Å². The van der Waals surface area contributed by atoms with Crippen molar-refractivity contribution in [2.75, 3.05) is 0 Å². The average molecular weight is 422 g/mol. The Bertz CT molecular complexity index is 559. The van der Waals surface area contributed by atoms with Gasteiger partial charge in [0.15, 0.2) is 0 Å². The Balaban J connectivity index is 0.000000595. The van der Waals surface area contributed by atoms with E-state index < -0.39 is 0 Å². The van der Waals surface area contributed by atoms with E-state index in [4.69, 9.17) is 0 Å². The Labute approximate surface area is 166 Å². The summed E-state index contributed by atoms with van der Waals surface area (Å²) in [7, 11) is 0. The number of rotatable bonds is 4. The quantitative estimate of drug-likeness (QED) is 0.455. The summed E-state index contributed by atoms with van der Waals surface area (Å²) >= 11 is 1.55. The maximum atomic E-state index is 2.20. The fourth-order valence-electron chi connectivity index (χ4n) is 2.07. The molecule has 118 valence electrons. The topological polar surface area (TPSA) is 0 Å². The molecule has 0 heterocycles. The molecule has 3 rings (SSSR count). The van der Waals surface area contributed by atoms with Gasteiger partial charge in [-0.05, 0) is 0 Å². The van der Waals surface area contributed by atoms with E-state index in [1.807, 2.05) is 30.3 Å². The predicted octanol–water partition coefficient (Wildman–Crippen LogP) is -1.40. The van der Waals surface area contributed by atoms with E-state index in [1.165, 1.54) is 11.1 Å². The molecular weight excluding hydrogens is 402 g/mol. The molecule has 3 heteroatoms. The minimum Gasteiger partial charge on any atom is -0.214 e. The van der Waals surface area contributed by atoms with Gasteiger partial charge in [-0.2, -0.15) is 18.2 Å². The molecule has 0 bridgehead atoms. The van der Waals surface area contributed by atoms with Gasteiger partial charge in [-0.25, -0.2) is 12.1 Å². The first-order valence-corrected chi connectivity index (χ1v) is 8.38. The van der Waals surface area contributed by atoms with Crippen molar-refractivity contribution in [2.45, 2.75) is 12.8 Å². The standard InChI is InChI=1S/C15H14.C5H5.2ClH.Zr/c1-3-8-14(9-4-1)12-7-13-15-10-5-2-6-11-15;1-2-4-5-3-1;;;/h1-6,8-11H,12-13H2;1-5H;2*1H;/q;-1;;;+2/p-2. The first-order valence-electron chi connectivity index (χ1n) is 7.15. The largest absolute Gasteiger partial charge is 0.214 e. The molecule has 0 nitrogen and oxygen atoms in total. The van der Waals surface area contributed by atoms with Gasteiger partial charge in [-0.3, -0.25) is 0 Å². The summed E-state index contributed by atoms with van der Waals surface area (Å²) in [6.45, 7) is 0. The van der Waals surface area contributed by atoms with Crippen LogP contribution < -0.4 is 24.8 Å². The van der Waals surface area contributed by atoms with Gasteiger partial charge in [0.1, 0.15) is 0 Å². The molecule has 23 heavy (non-hydrogen) atoms. The van der Waals surface area contributed by atoms with Crippen LogP contribution in [0.1, 0.15) is 11.1 Å². The van der Waals surface area contributed by atoms with Crippen LogP contribution in [0.15, 0.2) is 91.0 Å². The van der Waals surface area contributed by atoms with Crippen LogP contribution in [-0.4, -0.2) is 3.21 Å². The zero-order chi connectivity index (χ0) is 14.8. The summed E-state index contributed by atoms with van der Waals surface area (Å²) in [6.07, 6.45) is 2.24. The Morgan fingerprint density at radius 2 is 1.04 bits per heavy atom. The van der Waals surface area contributed by atoms with E-state index in [0.717, 1.165) is 12.8 Å². The Morgan fingerprint density at radius 1 is 0.652 bits per heavy atom. The van der Waals surface area contributed by atoms with Gasteiger partial charge in [-0.1, -0.05) is 0 Å². The smallest absolute Gasteiger partial charge is 0.172 e. The first-order chi connectivity index (χ1) is 10.3. The fraction of sp³-hybridized carbons (Fsp3) is 0.100. The molecule has 0 saturated heterocycles. The second kappa shape index (κ2) is 13.6. The van der Waals surface area contributed by atoms with Crippen LogP contribution in [-0.2, 0) is 37.1 Å². The Hall–Kier alpha value is -0.877. The van der Waals surface area contributed by atoms with Crippen molar-refractivity contribution in [3.63, 3.8) is 0 Å². The van der Waals surface area contributed by atoms with Gasteiger partial charge in [0.05, 0.1) is 0 Å². The normalized spacial score (nSPS) is 8.78. The summed E-state index contributed by atoms with van der Waals surface area (Å²) in [5.74, 6) is 0. The third kappa shape index (κ3) is 9.77. The van der Waals surface area contributed by atoms with Crippen LogP contribution in [0.2, 0.25) is 0 Å². The summed E-state index contributed by atoms with van der Waals surface area (Å²) in [6, 6.07) is 31.4. The minimum atomic E-state index is 0. The molecule has 0 unspecified atom stereocenters. The van der Waals surface area contributed by atoms with Crippen LogP contribution in [0.3, 0.4) is 0 Å². The summed E-state index contributed by atoms with van der Waals surface area (Å²) < 4.78 is 1.60. The van der Waals surface area contributed by atoms with Crippen LogP contribution in [0.5, 0.6) is 0 Å². The zero-order valence-corrected chi connectivity index (χ0v) is 16.8. The van der Waals surface area contributed by atoms with Gasteiger partial charge in [0, 0.05) is 0 Å². The van der Waals surface area contributed by atoms with Crippen LogP contribution in [0, 0.1) is 0 Å². The van der Waals surface area contributed by atoms with Crippen molar-refractivity contribution in [2.24, 2.45) is 0 Å². The Morgan fingerprint density at radius 3 is 1.35 bits per heavy atom. The second-order valence-corrected chi connectivity index (χ2v) is 6.63. The van der Waals surface area contributed by atoms with E-state index in [2.05, 4.69) is 60.7 Å². The molecule has 0 atom stereocenters. The maximum Gasteiger partial charge on any atom is -0.172 e. The van der Waals surface area contributed by atoms with Crippen LogP contribution in [0.4, 0.5) is 0 Å². The number of hydrogen-bond acceptors (Lipinski definition) is 0. The molecule has 0 aliphatic rings. The van der Waals surface area contributed by atoms with E-state index in [1.54, 1.807) is 27.4 Å². The molecular formula is C20H19Cl2Zr-. The van der Waals surface area contributed by atoms with E-state index in [9.17, 15) is 0 Å². The molecule has 0 aromatic heterocycles. The number of halogens is 2. The third-order valence-corrected chi connectivity index (χ3v) is 3.95. The van der Waals surface area contributed by atoms with Crippen LogP contribution >= 0.6 is 0 Å². The molecule has 0 N–H and O–H groups in total. The summed E-state index contributed by atoms with van der Waals surface area (Å²) in [5, 5.41) is 0. The second-order valence-electron chi connectivity index (χ2n) is 4.89. The monoisotopic (exact) mass is 419 g/mol. The molecule has 0 fully saturated rings.